The standard InChI is InChI=1S/C47H55N9O8S/c1-27(2)40(54-46(60)64-4)44(58)56-26-47(15-16-47)21-39(56)42-50-24-37(52-42)34-13-12-32-19-31(10-11-33(32)20-34)29-6-8-30(9-7-29)36-23-49-41(51-36)38-18-28(22-48)25-55(38)43(57)35(53-45(59)63-3)14-17-65(5,61)62/h6-13,19-20,23,27-28,35,37-40H,14-18,21,24-26H2,1-5H3,(H,49,51)(H,50,52)(H,53,59)(H,54,60)/t28-,35+,37?,38+,39+,40+/m1/s1. The van der Waals surface area contributed by atoms with Crippen molar-refractivity contribution in [3.05, 3.63) is 78.2 Å². The number of hydrogen-bond acceptors (Lipinski definition) is 12. The molecule has 4 heterocycles. The van der Waals surface area contributed by atoms with E-state index in [1.165, 1.54) is 12.0 Å². The number of aromatic amines is 1. The van der Waals surface area contributed by atoms with Gasteiger partial charge in [-0.2, -0.15) is 5.26 Å². The second-order valence-corrected chi connectivity index (χ2v) is 20.5. The Morgan fingerprint density at radius 2 is 1.58 bits per heavy atom. The minimum atomic E-state index is -3.43. The molecule has 3 aliphatic heterocycles. The van der Waals surface area contributed by atoms with Crippen molar-refractivity contribution in [2.45, 2.75) is 76.2 Å². The Labute approximate surface area is 378 Å². The number of imidazole rings is 1. The van der Waals surface area contributed by atoms with Crippen molar-refractivity contribution >= 4 is 50.4 Å². The molecule has 342 valence electrons. The number of alkyl carbamates (subject to hydrolysis) is 2. The van der Waals surface area contributed by atoms with Crippen LogP contribution in [-0.2, 0) is 28.9 Å². The van der Waals surface area contributed by atoms with Crippen LogP contribution in [0, 0.1) is 28.6 Å². The average molecular weight is 906 g/mol. The molecule has 0 bridgehead atoms. The van der Waals surface area contributed by atoms with Gasteiger partial charge in [-0.3, -0.25) is 14.6 Å². The summed E-state index contributed by atoms with van der Waals surface area (Å²) >= 11 is 0. The molecule has 8 rings (SSSR count). The number of rotatable bonds is 13. The topological polar surface area (TPSA) is 228 Å². The fourth-order valence-corrected chi connectivity index (χ4v) is 10.0. The zero-order chi connectivity index (χ0) is 46.2. The Balaban J connectivity index is 0.931. The van der Waals surface area contributed by atoms with Crippen LogP contribution < -0.4 is 16.0 Å². The molecule has 65 heavy (non-hydrogen) atoms. The summed E-state index contributed by atoms with van der Waals surface area (Å²) in [6, 6.07) is 20.4. The molecule has 4 aliphatic rings. The molecular formula is C47H55N9O8S. The minimum absolute atomic E-state index is 0.0381. The third kappa shape index (κ3) is 9.80. The summed E-state index contributed by atoms with van der Waals surface area (Å²) in [5.74, 6) is -0.243. The number of nitriles is 1. The van der Waals surface area contributed by atoms with E-state index >= 15 is 0 Å². The maximum Gasteiger partial charge on any atom is 0.407 e. The number of H-pyrrole nitrogens is 1. The molecule has 1 saturated carbocycles. The zero-order valence-corrected chi connectivity index (χ0v) is 38.0. The Morgan fingerprint density at radius 3 is 2.26 bits per heavy atom. The Hall–Kier alpha value is -6.48. The van der Waals surface area contributed by atoms with Crippen LogP contribution in [0.1, 0.15) is 69.4 Å². The van der Waals surface area contributed by atoms with E-state index in [1.54, 1.807) is 6.20 Å². The number of aliphatic imine (C=N–C) groups is 1. The summed E-state index contributed by atoms with van der Waals surface area (Å²) in [5, 5.41) is 20.8. The number of amidine groups is 1. The third-order valence-corrected chi connectivity index (χ3v) is 14.2. The zero-order valence-electron chi connectivity index (χ0n) is 37.2. The molecule has 4 aromatic rings. The highest BCUT2D eigenvalue weighted by Gasteiger charge is 2.56. The first kappa shape index (κ1) is 45.1. The van der Waals surface area contributed by atoms with Gasteiger partial charge in [-0.25, -0.2) is 23.0 Å². The summed E-state index contributed by atoms with van der Waals surface area (Å²) in [6.07, 6.45) is 4.44. The SMILES string of the molecule is COC(=O)N[C@@H](CCS(C)(=O)=O)C(=O)N1C[C@@H](C#N)C[C@H]1c1ncc(-c2ccc(-c3ccc4cc(C5CN=C([C@@H]6CC7(CC7)CN6C(=O)[C@@H](NC(=O)OC)C(C)C)N5)ccc4c3)cc2)[nH]1. The summed E-state index contributed by atoms with van der Waals surface area (Å²) < 4.78 is 33.4. The average Bonchev–Trinajstić information content (AvgIpc) is 3.80. The number of likely N-dealkylation sites (tertiary alicyclic amines) is 2. The van der Waals surface area contributed by atoms with E-state index < -0.39 is 52.0 Å². The molecular weight excluding hydrogens is 851 g/mol. The van der Waals surface area contributed by atoms with Crippen molar-refractivity contribution in [2.24, 2.45) is 22.2 Å². The molecule has 1 aromatic heterocycles. The number of fused-ring (bicyclic) bond motifs is 1. The second kappa shape index (κ2) is 18.2. The largest absolute Gasteiger partial charge is 0.453 e. The lowest BCUT2D eigenvalue weighted by Crippen LogP contribution is -2.55. The fourth-order valence-electron chi connectivity index (χ4n) is 9.38. The number of amides is 4. The number of sulfone groups is 1. The normalized spacial score (nSPS) is 22.0. The Morgan fingerprint density at radius 1 is 0.908 bits per heavy atom. The van der Waals surface area contributed by atoms with E-state index in [1.807, 2.05) is 43.0 Å². The van der Waals surface area contributed by atoms with E-state index in [0.29, 0.717) is 31.0 Å². The van der Waals surface area contributed by atoms with Crippen molar-refractivity contribution in [1.82, 2.24) is 35.7 Å². The second-order valence-electron chi connectivity index (χ2n) is 18.2. The van der Waals surface area contributed by atoms with Crippen LogP contribution in [0.4, 0.5) is 9.59 Å². The Bertz CT molecular complexity index is 2670. The predicted octanol–water partition coefficient (Wildman–Crippen LogP) is 5.27. The third-order valence-electron chi connectivity index (χ3n) is 13.2. The highest BCUT2D eigenvalue weighted by molar-refractivity contribution is 7.90. The molecule has 3 fully saturated rings. The van der Waals surface area contributed by atoms with Gasteiger partial charge in [-0.05, 0) is 88.6 Å². The molecule has 4 N–H and O–H groups in total. The van der Waals surface area contributed by atoms with Gasteiger partial charge in [-0.15, -0.1) is 0 Å². The van der Waals surface area contributed by atoms with Gasteiger partial charge in [-0.1, -0.05) is 62.4 Å². The number of carbonyl (C=O) groups excluding carboxylic acids is 4. The first-order chi connectivity index (χ1) is 31.1. The van der Waals surface area contributed by atoms with Crippen molar-refractivity contribution in [2.75, 3.05) is 45.9 Å². The molecule has 4 amide bonds. The van der Waals surface area contributed by atoms with Crippen LogP contribution in [0.2, 0.25) is 0 Å². The number of ether oxygens (including phenoxy) is 2. The van der Waals surface area contributed by atoms with Crippen LogP contribution >= 0.6 is 0 Å². The van der Waals surface area contributed by atoms with E-state index in [9.17, 15) is 32.9 Å². The lowest BCUT2D eigenvalue weighted by Gasteiger charge is -2.31. The molecule has 1 aliphatic carbocycles. The van der Waals surface area contributed by atoms with E-state index in [0.717, 1.165) is 71.5 Å². The molecule has 3 aromatic carbocycles. The molecule has 6 atom stereocenters. The summed E-state index contributed by atoms with van der Waals surface area (Å²) in [7, 11) is -0.978. The van der Waals surface area contributed by atoms with Gasteiger partial charge in [0.15, 0.2) is 0 Å². The van der Waals surface area contributed by atoms with Crippen LogP contribution in [0.3, 0.4) is 0 Å². The highest BCUT2D eigenvalue weighted by Crippen LogP contribution is 2.55. The van der Waals surface area contributed by atoms with Gasteiger partial charge in [0.05, 0.1) is 68.5 Å². The lowest BCUT2D eigenvalue weighted by atomic mass is 9.97. The maximum atomic E-state index is 13.9. The summed E-state index contributed by atoms with van der Waals surface area (Å²) in [6.45, 7) is 5.16. The first-order valence-electron chi connectivity index (χ1n) is 21.9. The monoisotopic (exact) mass is 905 g/mol. The van der Waals surface area contributed by atoms with Crippen molar-refractivity contribution in [3.63, 3.8) is 0 Å². The number of benzene rings is 3. The van der Waals surface area contributed by atoms with Crippen molar-refractivity contribution < 1.29 is 37.1 Å². The summed E-state index contributed by atoms with van der Waals surface area (Å²) in [4.78, 5) is 68.3. The first-order valence-corrected chi connectivity index (χ1v) is 24.0. The quantitative estimate of drug-likeness (QED) is 0.135. The molecule has 2 saturated heterocycles. The van der Waals surface area contributed by atoms with Crippen LogP contribution in [0.15, 0.2) is 71.9 Å². The van der Waals surface area contributed by atoms with Gasteiger partial charge in [0.1, 0.15) is 33.6 Å². The van der Waals surface area contributed by atoms with Gasteiger partial charge < -0.3 is 40.2 Å². The van der Waals surface area contributed by atoms with Crippen molar-refractivity contribution in [1.29, 1.82) is 5.26 Å². The van der Waals surface area contributed by atoms with E-state index in [4.69, 9.17) is 14.5 Å². The maximum absolute atomic E-state index is 13.9. The van der Waals surface area contributed by atoms with Gasteiger partial charge in [0, 0.05) is 19.3 Å². The molecule has 1 spiro atoms. The molecule has 1 unspecified atom stereocenters. The van der Waals surface area contributed by atoms with E-state index in [2.05, 4.69) is 68.4 Å². The fraction of sp³-hybridized carbons (Fsp3) is 0.468. The van der Waals surface area contributed by atoms with Gasteiger partial charge >= 0.3 is 12.2 Å². The number of nitrogens with one attached hydrogen (secondary N) is 4. The van der Waals surface area contributed by atoms with Crippen LogP contribution in [0.5, 0.6) is 0 Å². The van der Waals surface area contributed by atoms with E-state index in [-0.39, 0.29) is 48.0 Å². The number of carbonyl (C=O) groups is 4. The lowest BCUT2D eigenvalue weighted by molar-refractivity contribution is -0.135. The number of methoxy groups -OCH3 is 2. The van der Waals surface area contributed by atoms with Crippen molar-refractivity contribution in [3.8, 4) is 28.5 Å². The van der Waals surface area contributed by atoms with Gasteiger partial charge in [0.25, 0.3) is 0 Å². The summed E-state index contributed by atoms with van der Waals surface area (Å²) in [5.41, 5.74) is 4.87. The molecule has 0 radical (unpaired) electrons. The van der Waals surface area contributed by atoms with Crippen LogP contribution in [-0.4, -0.2) is 122 Å². The minimum Gasteiger partial charge on any atom is -0.453 e. The number of aromatic nitrogens is 2. The van der Waals surface area contributed by atoms with Gasteiger partial charge in [0.2, 0.25) is 11.8 Å². The Kier molecular flexibility index (Phi) is 12.6. The number of hydrogen-bond donors (Lipinski definition) is 4. The number of nitrogens with zero attached hydrogens (tertiary/aromatic N) is 5. The molecule has 18 heteroatoms. The highest BCUT2D eigenvalue weighted by atomic mass is 32.2. The molecule has 17 nitrogen and oxygen atoms in total. The van der Waals surface area contributed by atoms with Crippen LogP contribution in [0.25, 0.3) is 33.2 Å². The predicted molar refractivity (Wildman–Crippen MR) is 243 cm³/mol. The smallest absolute Gasteiger partial charge is 0.407 e.